The van der Waals surface area contributed by atoms with Crippen molar-refractivity contribution in [2.24, 2.45) is 0 Å². The summed E-state index contributed by atoms with van der Waals surface area (Å²) >= 11 is 6.03. The Morgan fingerprint density at radius 2 is 1.53 bits per heavy atom. The molecule has 0 radical (unpaired) electrons. The molecule has 0 fully saturated rings. The summed E-state index contributed by atoms with van der Waals surface area (Å²) in [5, 5.41) is 3.37. The average Bonchev–Trinajstić information content (AvgIpc) is 3.29. The highest BCUT2D eigenvalue weighted by atomic mass is 35.5. The number of benzene rings is 2. The van der Waals surface area contributed by atoms with Gasteiger partial charge in [-0.2, -0.15) is 13.2 Å². The van der Waals surface area contributed by atoms with Crippen molar-refractivity contribution < 1.29 is 18.0 Å². The molecule has 1 N–H and O–H groups in total. The summed E-state index contributed by atoms with van der Waals surface area (Å²) in [7, 11) is 3.83. The largest absolute Gasteiger partial charge is 0.419 e. The van der Waals surface area contributed by atoms with Crippen molar-refractivity contribution in [3.8, 4) is 28.3 Å². The van der Waals surface area contributed by atoms with E-state index in [4.69, 9.17) is 11.6 Å². The lowest BCUT2D eigenvalue weighted by atomic mass is 10.1. The van der Waals surface area contributed by atoms with E-state index in [0.29, 0.717) is 46.2 Å². The summed E-state index contributed by atoms with van der Waals surface area (Å²) in [6.45, 7) is 1.21. The van der Waals surface area contributed by atoms with E-state index >= 15 is 0 Å². The zero-order valence-electron chi connectivity index (χ0n) is 19.7. The van der Waals surface area contributed by atoms with E-state index < -0.39 is 11.7 Å². The first-order valence-corrected chi connectivity index (χ1v) is 11.6. The second-order valence-corrected chi connectivity index (χ2v) is 8.89. The number of halogens is 4. The molecule has 0 aliphatic rings. The minimum absolute atomic E-state index is 0.218. The molecule has 9 heteroatoms. The number of aromatic nitrogens is 2. The van der Waals surface area contributed by atoms with Crippen LogP contribution in [0, 0.1) is 0 Å². The maximum absolute atomic E-state index is 13.9. The Kier molecular flexibility index (Phi) is 7.47. The molecule has 0 bridgehead atoms. The summed E-state index contributed by atoms with van der Waals surface area (Å²) in [5.41, 5.74) is 1.96. The minimum atomic E-state index is -4.60. The smallest absolute Gasteiger partial charge is 0.351 e. The van der Waals surface area contributed by atoms with E-state index in [1.807, 2.05) is 19.0 Å². The Balaban J connectivity index is 1.79. The van der Waals surface area contributed by atoms with Gasteiger partial charge in [-0.05, 0) is 73.8 Å². The maximum atomic E-state index is 13.9. The number of nitrogens with zero attached hydrogens (tertiary/aromatic N) is 3. The number of rotatable bonds is 7. The summed E-state index contributed by atoms with van der Waals surface area (Å²) in [6.07, 6.45) is -3.27. The van der Waals surface area contributed by atoms with Crippen molar-refractivity contribution in [3.05, 3.63) is 95.1 Å². The summed E-state index contributed by atoms with van der Waals surface area (Å²) < 4.78 is 43.3. The third-order valence-corrected chi connectivity index (χ3v) is 5.86. The van der Waals surface area contributed by atoms with Crippen molar-refractivity contribution in [1.29, 1.82) is 0 Å². The lowest BCUT2D eigenvalue weighted by Gasteiger charge is -2.18. The molecule has 2 aromatic carbocycles. The molecule has 2 heterocycles. The van der Waals surface area contributed by atoms with E-state index in [1.54, 1.807) is 60.7 Å². The highest BCUT2D eigenvalue weighted by molar-refractivity contribution is 6.30. The third kappa shape index (κ3) is 5.61. The first-order chi connectivity index (χ1) is 17.1. The molecule has 0 saturated carbocycles. The fourth-order valence-corrected chi connectivity index (χ4v) is 3.95. The zero-order valence-corrected chi connectivity index (χ0v) is 20.4. The van der Waals surface area contributed by atoms with Crippen molar-refractivity contribution in [2.45, 2.75) is 6.18 Å². The molecule has 2 aromatic heterocycles. The molecular weight excluding hydrogens is 489 g/mol. The van der Waals surface area contributed by atoms with Crippen LogP contribution in [0.4, 0.5) is 13.2 Å². The van der Waals surface area contributed by atoms with Crippen LogP contribution in [0.25, 0.3) is 28.3 Å². The van der Waals surface area contributed by atoms with Gasteiger partial charge in [0.05, 0.1) is 17.0 Å². The van der Waals surface area contributed by atoms with Gasteiger partial charge in [-0.3, -0.25) is 9.36 Å². The minimum Gasteiger partial charge on any atom is -0.351 e. The summed E-state index contributed by atoms with van der Waals surface area (Å²) in [4.78, 5) is 18.5. The fraction of sp³-hybridized carbons (Fsp3) is 0.185. The molecule has 36 heavy (non-hydrogen) atoms. The second-order valence-electron chi connectivity index (χ2n) is 8.45. The normalized spacial score (nSPS) is 11.6. The van der Waals surface area contributed by atoms with Crippen LogP contribution in [-0.2, 0) is 6.18 Å². The van der Waals surface area contributed by atoms with Gasteiger partial charge in [0.1, 0.15) is 5.82 Å². The summed E-state index contributed by atoms with van der Waals surface area (Å²) in [5.74, 6) is -0.454. The number of carbonyl (C=O) groups is 1. The van der Waals surface area contributed by atoms with Gasteiger partial charge in [0.15, 0.2) is 0 Å². The Labute approximate surface area is 212 Å². The standard InChI is InChI=1S/C27H24ClF3N4O/c1-34(2)17-16-33-26(36)20-7-5-18(6-8-20)23-13-14-24(19-9-11-21(28)12-10-19)35(23)25-22(27(29,30)31)4-3-15-32-25/h3-15H,16-17H2,1-2H3,(H,33,36). The highest BCUT2D eigenvalue weighted by Crippen LogP contribution is 2.38. The van der Waals surface area contributed by atoms with Crippen molar-refractivity contribution >= 4 is 17.5 Å². The fourth-order valence-electron chi connectivity index (χ4n) is 3.82. The van der Waals surface area contributed by atoms with Crippen LogP contribution in [0.15, 0.2) is 79.0 Å². The number of likely N-dealkylation sites (N-methyl/N-ethyl adjacent to an activating group) is 1. The van der Waals surface area contributed by atoms with E-state index in [1.165, 1.54) is 16.8 Å². The molecule has 0 aliphatic carbocycles. The van der Waals surface area contributed by atoms with E-state index in [2.05, 4.69) is 10.3 Å². The number of nitrogens with one attached hydrogen (secondary N) is 1. The number of alkyl halides is 3. The van der Waals surface area contributed by atoms with Crippen molar-refractivity contribution in [2.75, 3.05) is 27.2 Å². The highest BCUT2D eigenvalue weighted by Gasteiger charge is 2.35. The van der Waals surface area contributed by atoms with Gasteiger partial charge in [-0.15, -0.1) is 0 Å². The number of amides is 1. The lowest BCUT2D eigenvalue weighted by Crippen LogP contribution is -2.31. The molecular formula is C27H24ClF3N4O. The number of hydrogen-bond acceptors (Lipinski definition) is 3. The van der Waals surface area contributed by atoms with E-state index in [-0.39, 0.29) is 11.7 Å². The summed E-state index contributed by atoms with van der Waals surface area (Å²) in [6, 6.07) is 19.4. The monoisotopic (exact) mass is 512 g/mol. The lowest BCUT2D eigenvalue weighted by molar-refractivity contribution is -0.137. The molecule has 0 aliphatic heterocycles. The van der Waals surface area contributed by atoms with Crippen LogP contribution >= 0.6 is 11.6 Å². The van der Waals surface area contributed by atoms with Crippen LogP contribution in [-0.4, -0.2) is 47.5 Å². The Morgan fingerprint density at radius 3 is 2.08 bits per heavy atom. The van der Waals surface area contributed by atoms with Gasteiger partial charge < -0.3 is 10.2 Å². The molecule has 186 valence electrons. The van der Waals surface area contributed by atoms with Crippen LogP contribution in [0.3, 0.4) is 0 Å². The molecule has 1 amide bonds. The van der Waals surface area contributed by atoms with Crippen LogP contribution < -0.4 is 5.32 Å². The van der Waals surface area contributed by atoms with E-state index in [9.17, 15) is 18.0 Å². The molecule has 5 nitrogen and oxygen atoms in total. The molecule has 0 unspecified atom stereocenters. The number of hydrogen-bond donors (Lipinski definition) is 1. The van der Waals surface area contributed by atoms with E-state index in [0.717, 1.165) is 6.07 Å². The number of pyridine rings is 1. The molecule has 0 atom stereocenters. The van der Waals surface area contributed by atoms with Gasteiger partial charge in [0, 0.05) is 29.9 Å². The quantitative estimate of drug-likeness (QED) is 0.322. The second kappa shape index (κ2) is 10.6. The maximum Gasteiger partial charge on any atom is 0.419 e. The van der Waals surface area contributed by atoms with Crippen LogP contribution in [0.2, 0.25) is 5.02 Å². The Morgan fingerprint density at radius 1 is 0.944 bits per heavy atom. The first kappa shape index (κ1) is 25.5. The van der Waals surface area contributed by atoms with Gasteiger partial charge >= 0.3 is 6.18 Å². The molecule has 0 spiro atoms. The number of carbonyl (C=O) groups excluding carboxylic acids is 1. The Bertz CT molecular complexity index is 1350. The van der Waals surface area contributed by atoms with Gasteiger partial charge in [-0.1, -0.05) is 35.9 Å². The van der Waals surface area contributed by atoms with Gasteiger partial charge in [0.2, 0.25) is 0 Å². The predicted octanol–water partition coefficient (Wildman–Crippen LogP) is 6.17. The third-order valence-electron chi connectivity index (χ3n) is 5.61. The zero-order chi connectivity index (χ0) is 25.9. The van der Waals surface area contributed by atoms with Gasteiger partial charge in [0.25, 0.3) is 5.91 Å². The average molecular weight is 513 g/mol. The molecule has 0 saturated heterocycles. The van der Waals surface area contributed by atoms with Crippen LogP contribution in [0.1, 0.15) is 15.9 Å². The van der Waals surface area contributed by atoms with Crippen molar-refractivity contribution in [3.63, 3.8) is 0 Å². The topological polar surface area (TPSA) is 50.2 Å². The molecule has 4 rings (SSSR count). The first-order valence-electron chi connectivity index (χ1n) is 11.2. The van der Waals surface area contributed by atoms with Crippen molar-refractivity contribution in [1.82, 2.24) is 19.8 Å². The van der Waals surface area contributed by atoms with Gasteiger partial charge in [-0.25, -0.2) is 4.98 Å². The predicted molar refractivity (Wildman–Crippen MR) is 135 cm³/mol. The van der Waals surface area contributed by atoms with Crippen LogP contribution in [0.5, 0.6) is 0 Å². The molecule has 4 aromatic rings. The SMILES string of the molecule is CN(C)CCNC(=O)c1ccc(-c2ccc(-c3ccc(Cl)cc3)n2-c2ncccc2C(F)(F)F)cc1. The Hall–Kier alpha value is -3.62.